The fraction of sp³-hybridized carbons (Fsp3) is 1.00. The zero-order valence-corrected chi connectivity index (χ0v) is 8.72. The monoisotopic (exact) mass is 197 g/mol. The largest absolute Gasteiger partial charge is 0.389 e. The summed E-state index contributed by atoms with van der Waals surface area (Å²) in [4.78, 5) is 2.50. The Hall–Kier alpha value is -0.120. The van der Waals surface area contributed by atoms with E-state index in [9.17, 15) is 5.11 Å². The first-order valence-electron chi connectivity index (χ1n) is 5.90. The molecule has 4 fully saturated rings. The number of unbranched alkanes of at least 4 members (excludes halogenated alkanes) is 1. The van der Waals surface area contributed by atoms with Gasteiger partial charge in [0.15, 0.2) is 0 Å². The molecule has 14 heavy (non-hydrogen) atoms. The van der Waals surface area contributed by atoms with Crippen LogP contribution in [0.3, 0.4) is 0 Å². The zero-order chi connectivity index (χ0) is 9.71. The summed E-state index contributed by atoms with van der Waals surface area (Å²) in [5.41, 5.74) is 0. The Morgan fingerprint density at radius 3 is 2.86 bits per heavy atom. The molecule has 4 aliphatic heterocycles. The van der Waals surface area contributed by atoms with Gasteiger partial charge in [-0.15, -0.1) is 0 Å². The SMILES string of the molecule is CCCCN1[C@@H]2C[C@@H]3C[C@H]1[C@@H](O3)[C@@H]2O. The molecule has 80 valence electrons. The molecule has 4 saturated heterocycles. The maximum absolute atomic E-state index is 10.0. The minimum Gasteiger partial charge on any atom is -0.389 e. The highest BCUT2D eigenvalue weighted by Crippen LogP contribution is 2.45. The summed E-state index contributed by atoms with van der Waals surface area (Å²) in [6, 6.07) is 0.935. The van der Waals surface area contributed by atoms with Crippen LogP contribution in [0.15, 0.2) is 0 Å². The Kier molecular flexibility index (Phi) is 2.08. The van der Waals surface area contributed by atoms with Crippen LogP contribution in [0.5, 0.6) is 0 Å². The van der Waals surface area contributed by atoms with Gasteiger partial charge in [0.25, 0.3) is 0 Å². The topological polar surface area (TPSA) is 32.7 Å². The number of piperidine rings is 1. The van der Waals surface area contributed by atoms with Crippen molar-refractivity contribution >= 4 is 0 Å². The van der Waals surface area contributed by atoms with Crippen LogP contribution in [0.1, 0.15) is 32.6 Å². The first-order chi connectivity index (χ1) is 6.81. The summed E-state index contributed by atoms with van der Waals surface area (Å²) in [6.45, 7) is 3.37. The Morgan fingerprint density at radius 1 is 1.36 bits per heavy atom. The maximum atomic E-state index is 10.0. The van der Waals surface area contributed by atoms with E-state index in [1.807, 2.05) is 0 Å². The minimum absolute atomic E-state index is 0.135. The van der Waals surface area contributed by atoms with Gasteiger partial charge in [-0.3, -0.25) is 4.90 Å². The third-order valence-corrected chi connectivity index (χ3v) is 4.09. The first kappa shape index (κ1) is 9.13. The van der Waals surface area contributed by atoms with E-state index >= 15 is 0 Å². The molecular formula is C11H19NO2. The highest BCUT2D eigenvalue weighted by atomic mass is 16.5. The van der Waals surface area contributed by atoms with Crippen LogP contribution in [0, 0.1) is 0 Å². The number of rotatable bonds is 3. The van der Waals surface area contributed by atoms with Crippen molar-refractivity contribution in [3.05, 3.63) is 0 Å². The number of aliphatic hydroxyl groups excluding tert-OH is 1. The number of ether oxygens (including phenoxy) is 1. The quantitative estimate of drug-likeness (QED) is 0.725. The molecule has 0 spiro atoms. The second kappa shape index (κ2) is 3.19. The van der Waals surface area contributed by atoms with Gasteiger partial charge in [0.05, 0.1) is 12.2 Å². The molecule has 0 saturated carbocycles. The molecule has 3 nitrogen and oxygen atoms in total. The average molecular weight is 197 g/mol. The van der Waals surface area contributed by atoms with E-state index in [1.54, 1.807) is 0 Å². The predicted octanol–water partition coefficient (Wildman–Crippen LogP) is 0.761. The van der Waals surface area contributed by atoms with Gasteiger partial charge >= 0.3 is 0 Å². The molecule has 0 aromatic rings. The van der Waals surface area contributed by atoms with Gasteiger partial charge in [0, 0.05) is 12.1 Å². The molecule has 4 rings (SSSR count). The van der Waals surface area contributed by atoms with Crippen LogP contribution in [-0.2, 0) is 4.74 Å². The molecule has 4 bridgehead atoms. The summed E-state index contributed by atoms with van der Waals surface area (Å²) in [5, 5.41) is 10.0. The van der Waals surface area contributed by atoms with Gasteiger partial charge in [-0.25, -0.2) is 0 Å². The van der Waals surface area contributed by atoms with Crippen molar-refractivity contribution < 1.29 is 9.84 Å². The van der Waals surface area contributed by atoms with E-state index in [4.69, 9.17) is 4.74 Å². The summed E-state index contributed by atoms with van der Waals surface area (Å²) < 4.78 is 5.78. The lowest BCUT2D eigenvalue weighted by molar-refractivity contribution is -0.0776. The maximum Gasteiger partial charge on any atom is 0.101 e. The lowest BCUT2D eigenvalue weighted by Gasteiger charge is -2.36. The van der Waals surface area contributed by atoms with Crippen molar-refractivity contribution in [2.24, 2.45) is 0 Å². The predicted molar refractivity (Wildman–Crippen MR) is 53.1 cm³/mol. The van der Waals surface area contributed by atoms with Crippen molar-refractivity contribution in [1.29, 1.82) is 0 Å². The first-order valence-corrected chi connectivity index (χ1v) is 5.90. The molecule has 1 N–H and O–H groups in total. The summed E-state index contributed by atoms with van der Waals surface area (Å²) >= 11 is 0. The van der Waals surface area contributed by atoms with Gasteiger partial charge in [0.2, 0.25) is 0 Å². The molecule has 3 heteroatoms. The van der Waals surface area contributed by atoms with E-state index in [1.165, 1.54) is 12.8 Å². The van der Waals surface area contributed by atoms with Crippen LogP contribution >= 0.6 is 0 Å². The summed E-state index contributed by atoms with van der Waals surface area (Å²) in [6.07, 6.45) is 5.07. The number of nitrogens with zero attached hydrogens (tertiary/aromatic N) is 1. The van der Waals surface area contributed by atoms with Gasteiger partial charge < -0.3 is 9.84 Å². The summed E-state index contributed by atoms with van der Waals surface area (Å²) in [7, 11) is 0. The van der Waals surface area contributed by atoms with Crippen molar-refractivity contribution in [1.82, 2.24) is 4.90 Å². The molecule has 4 heterocycles. The zero-order valence-electron chi connectivity index (χ0n) is 8.72. The molecule has 0 aromatic heterocycles. The fourth-order valence-corrected chi connectivity index (χ4v) is 3.43. The fourth-order valence-electron chi connectivity index (χ4n) is 3.43. The van der Waals surface area contributed by atoms with Crippen LogP contribution in [0.2, 0.25) is 0 Å². The van der Waals surface area contributed by atoms with Crippen LogP contribution in [-0.4, -0.2) is 46.9 Å². The third-order valence-electron chi connectivity index (χ3n) is 4.09. The molecule has 0 amide bonds. The molecular weight excluding hydrogens is 178 g/mol. The van der Waals surface area contributed by atoms with Crippen LogP contribution in [0.25, 0.3) is 0 Å². The van der Waals surface area contributed by atoms with Gasteiger partial charge in [-0.05, 0) is 25.8 Å². The van der Waals surface area contributed by atoms with Crippen molar-refractivity contribution in [3.8, 4) is 0 Å². The number of hydrogen-bond donors (Lipinski definition) is 1. The molecule has 5 atom stereocenters. The molecule has 0 unspecified atom stereocenters. The van der Waals surface area contributed by atoms with Crippen LogP contribution < -0.4 is 0 Å². The van der Waals surface area contributed by atoms with E-state index in [0.29, 0.717) is 18.2 Å². The van der Waals surface area contributed by atoms with E-state index in [2.05, 4.69) is 11.8 Å². The second-order valence-electron chi connectivity index (χ2n) is 4.91. The van der Waals surface area contributed by atoms with Gasteiger partial charge in [0.1, 0.15) is 6.10 Å². The van der Waals surface area contributed by atoms with Crippen molar-refractivity contribution in [2.45, 2.75) is 63.0 Å². The average Bonchev–Trinajstić information content (AvgIpc) is 2.59. The summed E-state index contributed by atoms with van der Waals surface area (Å²) in [5.74, 6) is 0. The van der Waals surface area contributed by atoms with E-state index in [-0.39, 0.29) is 12.2 Å². The minimum atomic E-state index is -0.212. The van der Waals surface area contributed by atoms with E-state index < -0.39 is 0 Å². The Bertz CT molecular complexity index is 231. The van der Waals surface area contributed by atoms with Crippen molar-refractivity contribution in [3.63, 3.8) is 0 Å². The molecule has 0 aromatic carbocycles. The van der Waals surface area contributed by atoms with Gasteiger partial charge in [-0.1, -0.05) is 13.3 Å². The Labute approximate surface area is 85.0 Å². The smallest absolute Gasteiger partial charge is 0.101 e. The Balaban J connectivity index is 1.75. The lowest BCUT2D eigenvalue weighted by atomic mass is 9.99. The van der Waals surface area contributed by atoms with Gasteiger partial charge in [-0.2, -0.15) is 0 Å². The number of aliphatic hydroxyl groups is 1. The second-order valence-corrected chi connectivity index (χ2v) is 4.91. The van der Waals surface area contributed by atoms with Crippen LogP contribution in [0.4, 0.5) is 0 Å². The van der Waals surface area contributed by atoms with Crippen molar-refractivity contribution in [2.75, 3.05) is 6.54 Å². The molecule has 4 aliphatic rings. The standard InChI is InChI=1S/C11H19NO2/c1-2-3-4-12-8-5-7-6-9(12)11(14-7)10(8)13/h7-11,13H,2-6H2,1H3/t7-,8-,9+,10-,11-/m1/s1. The third kappa shape index (κ3) is 1.09. The van der Waals surface area contributed by atoms with E-state index in [0.717, 1.165) is 19.4 Å². The molecule has 0 aliphatic carbocycles. The number of hydrogen-bond acceptors (Lipinski definition) is 3. The Morgan fingerprint density at radius 2 is 2.14 bits per heavy atom. The highest BCUT2D eigenvalue weighted by molar-refractivity contribution is 5.11. The normalized spacial score (nSPS) is 50.6. The molecule has 0 radical (unpaired) electrons. The lowest BCUT2D eigenvalue weighted by Crippen LogP contribution is -2.46. The highest BCUT2D eigenvalue weighted by Gasteiger charge is 2.58.